The first kappa shape index (κ1) is 17.0. The summed E-state index contributed by atoms with van der Waals surface area (Å²) in [5.41, 5.74) is 0.633. The zero-order valence-corrected chi connectivity index (χ0v) is 14.4. The largest absolute Gasteiger partial charge is 0.471 e. The van der Waals surface area contributed by atoms with Crippen molar-refractivity contribution in [1.29, 1.82) is 0 Å². The van der Waals surface area contributed by atoms with Crippen LogP contribution >= 0.6 is 11.6 Å². The van der Waals surface area contributed by atoms with Crippen LogP contribution in [0.25, 0.3) is 22.3 Å². The Kier molecular flexibility index (Phi) is 4.76. The molecule has 128 valence electrons. The van der Waals surface area contributed by atoms with E-state index in [2.05, 4.69) is 4.74 Å². The first-order valence-corrected chi connectivity index (χ1v) is 7.95. The molecule has 0 radical (unpaired) electrons. The topological polar surface area (TPSA) is 65.7 Å². The number of carbonyl (C=O) groups excluding carboxylic acids is 1. The van der Waals surface area contributed by atoms with E-state index in [9.17, 15) is 9.59 Å². The normalized spacial score (nSPS) is 12.0. The first-order chi connectivity index (χ1) is 12.0. The van der Waals surface area contributed by atoms with Crippen molar-refractivity contribution in [2.45, 2.75) is 13.0 Å². The summed E-state index contributed by atoms with van der Waals surface area (Å²) >= 11 is 5.98. The van der Waals surface area contributed by atoms with Crippen molar-refractivity contribution in [2.24, 2.45) is 0 Å². The Morgan fingerprint density at radius 2 is 1.88 bits per heavy atom. The highest BCUT2D eigenvalue weighted by Gasteiger charge is 2.23. The third-order valence-electron chi connectivity index (χ3n) is 3.67. The van der Waals surface area contributed by atoms with Crippen LogP contribution in [0.4, 0.5) is 0 Å². The van der Waals surface area contributed by atoms with Gasteiger partial charge in [0.15, 0.2) is 11.9 Å². The third kappa shape index (κ3) is 3.37. The molecule has 0 aliphatic rings. The second-order valence-corrected chi connectivity index (χ2v) is 5.82. The number of rotatable bonds is 4. The van der Waals surface area contributed by atoms with Gasteiger partial charge in [0.05, 0.1) is 12.5 Å². The van der Waals surface area contributed by atoms with Gasteiger partial charge < -0.3 is 13.9 Å². The van der Waals surface area contributed by atoms with Gasteiger partial charge in [-0.2, -0.15) is 0 Å². The van der Waals surface area contributed by atoms with Crippen LogP contribution < -0.4 is 10.2 Å². The molecule has 0 fully saturated rings. The highest BCUT2D eigenvalue weighted by atomic mass is 35.5. The van der Waals surface area contributed by atoms with Gasteiger partial charge in [-0.1, -0.05) is 41.9 Å². The SMILES string of the molecule is COC(=O)[C@H](C)Oc1c(-c2ccccc2)oc2ccc(Cl)cc2c1=O. The van der Waals surface area contributed by atoms with E-state index in [4.69, 9.17) is 20.8 Å². The number of carbonyl (C=O) groups is 1. The lowest BCUT2D eigenvalue weighted by atomic mass is 10.1. The van der Waals surface area contributed by atoms with Gasteiger partial charge in [0.1, 0.15) is 5.58 Å². The van der Waals surface area contributed by atoms with Gasteiger partial charge in [-0.3, -0.25) is 4.79 Å². The lowest BCUT2D eigenvalue weighted by Crippen LogP contribution is -2.27. The number of hydrogen-bond acceptors (Lipinski definition) is 5. The van der Waals surface area contributed by atoms with Crippen LogP contribution in [0.5, 0.6) is 5.75 Å². The average Bonchev–Trinajstić information content (AvgIpc) is 2.64. The van der Waals surface area contributed by atoms with E-state index < -0.39 is 17.5 Å². The fraction of sp³-hybridized carbons (Fsp3) is 0.158. The molecule has 0 unspecified atom stereocenters. The van der Waals surface area contributed by atoms with E-state index >= 15 is 0 Å². The highest BCUT2D eigenvalue weighted by Crippen LogP contribution is 2.32. The summed E-state index contributed by atoms with van der Waals surface area (Å²) in [5.74, 6) is -0.403. The molecule has 0 N–H and O–H groups in total. The quantitative estimate of drug-likeness (QED) is 0.658. The van der Waals surface area contributed by atoms with Gasteiger partial charge in [0, 0.05) is 10.6 Å². The van der Waals surface area contributed by atoms with E-state index in [1.807, 2.05) is 18.2 Å². The number of hydrogen-bond donors (Lipinski definition) is 0. The van der Waals surface area contributed by atoms with Crippen molar-refractivity contribution in [3.8, 4) is 17.1 Å². The molecule has 3 rings (SSSR count). The summed E-state index contributed by atoms with van der Waals surface area (Å²) in [6, 6.07) is 13.8. The monoisotopic (exact) mass is 358 g/mol. The molecule has 1 aromatic heterocycles. The molecule has 0 amide bonds. The number of ether oxygens (including phenoxy) is 2. The van der Waals surface area contributed by atoms with Crippen molar-refractivity contribution < 1.29 is 18.7 Å². The Labute approximate surface area is 148 Å². The maximum Gasteiger partial charge on any atom is 0.346 e. The molecule has 0 aliphatic carbocycles. The highest BCUT2D eigenvalue weighted by molar-refractivity contribution is 6.31. The Hall–Kier alpha value is -2.79. The van der Waals surface area contributed by atoms with Crippen LogP contribution in [0.3, 0.4) is 0 Å². The van der Waals surface area contributed by atoms with E-state index in [1.165, 1.54) is 20.1 Å². The molecule has 0 saturated carbocycles. The van der Waals surface area contributed by atoms with Crippen molar-refractivity contribution in [1.82, 2.24) is 0 Å². The summed E-state index contributed by atoms with van der Waals surface area (Å²) in [6.45, 7) is 1.50. The molecule has 1 heterocycles. The van der Waals surface area contributed by atoms with Crippen LogP contribution in [-0.2, 0) is 9.53 Å². The molecule has 1 atom stereocenters. The lowest BCUT2D eigenvalue weighted by molar-refractivity contribution is -0.147. The van der Waals surface area contributed by atoms with Crippen LogP contribution in [0, 0.1) is 0 Å². The standard InChI is InChI=1S/C19H15ClO5/c1-11(19(22)23-2)24-18-16(21)14-10-13(20)8-9-15(14)25-17(18)12-6-4-3-5-7-12/h3-11H,1-2H3/t11-/m0/s1. The molecular weight excluding hydrogens is 344 g/mol. The number of fused-ring (bicyclic) bond motifs is 1. The van der Waals surface area contributed by atoms with E-state index in [1.54, 1.807) is 24.3 Å². The number of esters is 1. The van der Waals surface area contributed by atoms with Gasteiger partial charge in [0.25, 0.3) is 0 Å². The van der Waals surface area contributed by atoms with Gasteiger partial charge in [-0.05, 0) is 25.1 Å². The van der Waals surface area contributed by atoms with Gasteiger partial charge in [0.2, 0.25) is 11.2 Å². The van der Waals surface area contributed by atoms with E-state index in [0.29, 0.717) is 16.2 Å². The van der Waals surface area contributed by atoms with Crippen LogP contribution in [-0.4, -0.2) is 19.2 Å². The minimum Gasteiger partial charge on any atom is -0.471 e. The molecule has 2 aromatic carbocycles. The maximum absolute atomic E-state index is 12.9. The van der Waals surface area contributed by atoms with Crippen molar-refractivity contribution in [3.63, 3.8) is 0 Å². The number of benzene rings is 2. The summed E-state index contributed by atoms with van der Waals surface area (Å²) in [4.78, 5) is 24.6. The zero-order chi connectivity index (χ0) is 18.0. The lowest BCUT2D eigenvalue weighted by Gasteiger charge is -2.15. The summed E-state index contributed by atoms with van der Waals surface area (Å²) < 4.78 is 16.2. The maximum atomic E-state index is 12.9. The average molecular weight is 359 g/mol. The molecule has 0 saturated heterocycles. The molecule has 6 heteroatoms. The Morgan fingerprint density at radius 3 is 2.56 bits per heavy atom. The molecule has 3 aromatic rings. The minimum absolute atomic E-state index is 0.0566. The van der Waals surface area contributed by atoms with Crippen molar-refractivity contribution >= 4 is 28.5 Å². The molecule has 5 nitrogen and oxygen atoms in total. The molecule has 0 spiro atoms. The smallest absolute Gasteiger partial charge is 0.346 e. The molecule has 0 bridgehead atoms. The first-order valence-electron chi connectivity index (χ1n) is 7.57. The summed E-state index contributed by atoms with van der Waals surface area (Å²) in [5, 5.41) is 0.679. The van der Waals surface area contributed by atoms with Crippen molar-refractivity contribution in [2.75, 3.05) is 7.11 Å². The summed E-state index contributed by atoms with van der Waals surface area (Å²) in [7, 11) is 1.25. The van der Waals surface area contributed by atoms with E-state index in [0.717, 1.165) is 0 Å². The number of halogens is 1. The van der Waals surface area contributed by atoms with Gasteiger partial charge in [-0.15, -0.1) is 0 Å². The Bertz CT molecular complexity index is 978. The van der Waals surface area contributed by atoms with Gasteiger partial charge >= 0.3 is 5.97 Å². The van der Waals surface area contributed by atoms with Gasteiger partial charge in [-0.25, -0.2) is 4.79 Å². The fourth-order valence-electron chi connectivity index (χ4n) is 2.43. The summed E-state index contributed by atoms with van der Waals surface area (Å²) in [6.07, 6.45) is -0.966. The second kappa shape index (κ2) is 6.99. The minimum atomic E-state index is -0.966. The Balaban J connectivity index is 2.25. The third-order valence-corrected chi connectivity index (χ3v) is 3.91. The zero-order valence-electron chi connectivity index (χ0n) is 13.6. The molecular formula is C19H15ClO5. The van der Waals surface area contributed by atoms with Crippen LogP contribution in [0.15, 0.2) is 57.7 Å². The predicted molar refractivity (Wildman–Crippen MR) is 95.0 cm³/mol. The second-order valence-electron chi connectivity index (χ2n) is 5.38. The fourth-order valence-corrected chi connectivity index (χ4v) is 2.60. The molecule has 0 aliphatic heterocycles. The predicted octanol–water partition coefficient (Wildman–Crippen LogP) is 4.05. The van der Waals surface area contributed by atoms with Crippen LogP contribution in [0.2, 0.25) is 5.02 Å². The molecule has 25 heavy (non-hydrogen) atoms. The van der Waals surface area contributed by atoms with Crippen molar-refractivity contribution in [3.05, 3.63) is 63.8 Å². The number of methoxy groups -OCH3 is 1. The Morgan fingerprint density at radius 1 is 1.16 bits per heavy atom. The van der Waals surface area contributed by atoms with E-state index in [-0.39, 0.29) is 16.9 Å². The van der Waals surface area contributed by atoms with Crippen LogP contribution in [0.1, 0.15) is 6.92 Å².